The molecule has 0 aliphatic carbocycles. The molecule has 468 valence electrons. The van der Waals surface area contributed by atoms with Crippen LogP contribution in [0.1, 0.15) is 309 Å². The van der Waals surface area contributed by atoms with Gasteiger partial charge in [-0.1, -0.05) is 297 Å². The van der Waals surface area contributed by atoms with Crippen molar-refractivity contribution in [1.82, 2.24) is 0 Å². The molecular formula is C71H126NO8P. The van der Waals surface area contributed by atoms with E-state index in [1.165, 1.54) is 193 Å². The van der Waals surface area contributed by atoms with E-state index in [4.69, 9.17) is 24.3 Å². The van der Waals surface area contributed by atoms with Crippen LogP contribution in [-0.2, 0) is 32.7 Å². The van der Waals surface area contributed by atoms with Gasteiger partial charge in [-0.15, -0.1) is 0 Å². The van der Waals surface area contributed by atoms with Crippen molar-refractivity contribution in [3.8, 4) is 0 Å². The summed E-state index contributed by atoms with van der Waals surface area (Å²) < 4.78 is 33.2. The fourth-order valence-electron chi connectivity index (χ4n) is 9.50. The number of esters is 2. The van der Waals surface area contributed by atoms with Crippen LogP contribution in [0, 0.1) is 0 Å². The van der Waals surface area contributed by atoms with Crippen molar-refractivity contribution in [3.05, 3.63) is 97.2 Å². The summed E-state index contributed by atoms with van der Waals surface area (Å²) in [5.74, 6) is -0.822. The number of allylic oxidation sites excluding steroid dienone is 16. The van der Waals surface area contributed by atoms with Gasteiger partial charge in [0.2, 0.25) is 0 Å². The molecule has 0 amide bonds. The van der Waals surface area contributed by atoms with Crippen molar-refractivity contribution in [3.63, 3.8) is 0 Å². The highest BCUT2D eigenvalue weighted by Gasteiger charge is 2.26. The highest BCUT2D eigenvalue weighted by molar-refractivity contribution is 7.47. The predicted molar refractivity (Wildman–Crippen MR) is 348 cm³/mol. The molecular weight excluding hydrogens is 1030 g/mol. The summed E-state index contributed by atoms with van der Waals surface area (Å²) in [6, 6.07) is 0. The van der Waals surface area contributed by atoms with Crippen molar-refractivity contribution >= 4 is 19.8 Å². The van der Waals surface area contributed by atoms with E-state index < -0.39 is 26.5 Å². The van der Waals surface area contributed by atoms with Gasteiger partial charge >= 0.3 is 19.8 Å². The van der Waals surface area contributed by atoms with E-state index in [9.17, 15) is 19.0 Å². The third-order valence-electron chi connectivity index (χ3n) is 14.5. The molecule has 0 saturated carbocycles. The Morgan fingerprint density at radius 3 is 1.01 bits per heavy atom. The lowest BCUT2D eigenvalue weighted by atomic mass is 10.0. The Bertz CT molecular complexity index is 1650. The number of rotatable bonds is 63. The molecule has 0 aliphatic heterocycles. The molecule has 81 heavy (non-hydrogen) atoms. The topological polar surface area (TPSA) is 134 Å². The zero-order valence-corrected chi connectivity index (χ0v) is 53.4. The van der Waals surface area contributed by atoms with E-state index in [0.29, 0.717) is 6.42 Å². The maximum atomic E-state index is 12.8. The Morgan fingerprint density at radius 2 is 0.679 bits per heavy atom. The van der Waals surface area contributed by atoms with Gasteiger partial charge in [-0.2, -0.15) is 0 Å². The van der Waals surface area contributed by atoms with Crippen molar-refractivity contribution in [2.75, 3.05) is 26.4 Å². The fourth-order valence-corrected chi connectivity index (χ4v) is 10.3. The molecule has 0 rings (SSSR count). The maximum absolute atomic E-state index is 12.8. The number of hydrogen-bond donors (Lipinski definition) is 2. The SMILES string of the molecule is CC/C=C\C/C=C\C/C=C\C/C=C\C/C=C\C/C=C\CCCCCCCCCCCCCCC(=O)OC(COC(=O)CCCCCCCCCCCCCCCCCCC/C=C\C/C=C\CCCCCCC)COP(=O)(O)OCCN. The molecule has 10 heteroatoms. The zero-order chi connectivity index (χ0) is 58.7. The molecule has 0 aromatic heterocycles. The van der Waals surface area contributed by atoms with Crippen molar-refractivity contribution in [2.45, 2.75) is 315 Å². The second-order valence-corrected chi connectivity index (χ2v) is 23.8. The number of phosphoric acid groups is 1. The summed E-state index contributed by atoms with van der Waals surface area (Å²) in [5, 5.41) is 0. The molecule has 0 aromatic rings. The Balaban J connectivity index is 3.91. The lowest BCUT2D eigenvalue weighted by Gasteiger charge is -2.19. The van der Waals surface area contributed by atoms with Crippen LogP contribution >= 0.6 is 7.82 Å². The minimum Gasteiger partial charge on any atom is -0.462 e. The number of hydrogen-bond acceptors (Lipinski definition) is 8. The van der Waals surface area contributed by atoms with E-state index >= 15 is 0 Å². The van der Waals surface area contributed by atoms with Gasteiger partial charge in [0.05, 0.1) is 13.2 Å². The van der Waals surface area contributed by atoms with Gasteiger partial charge in [0.15, 0.2) is 6.10 Å². The van der Waals surface area contributed by atoms with Crippen LogP contribution in [0.4, 0.5) is 0 Å². The largest absolute Gasteiger partial charge is 0.472 e. The Labute approximate surface area is 499 Å². The van der Waals surface area contributed by atoms with Crippen LogP contribution in [0.25, 0.3) is 0 Å². The Morgan fingerprint density at radius 1 is 0.383 bits per heavy atom. The molecule has 2 atom stereocenters. The number of carbonyl (C=O) groups is 2. The van der Waals surface area contributed by atoms with Gasteiger partial charge in [-0.05, 0) is 96.3 Å². The highest BCUT2D eigenvalue weighted by atomic mass is 31.2. The number of phosphoric ester groups is 1. The zero-order valence-electron chi connectivity index (χ0n) is 52.5. The second-order valence-electron chi connectivity index (χ2n) is 22.3. The molecule has 0 saturated heterocycles. The predicted octanol–water partition coefficient (Wildman–Crippen LogP) is 22.0. The van der Waals surface area contributed by atoms with Crippen molar-refractivity contribution in [2.24, 2.45) is 5.73 Å². The first-order valence-corrected chi connectivity index (χ1v) is 35.2. The van der Waals surface area contributed by atoms with Gasteiger partial charge < -0.3 is 20.1 Å². The molecule has 0 radical (unpaired) electrons. The molecule has 2 unspecified atom stereocenters. The molecule has 0 aliphatic rings. The van der Waals surface area contributed by atoms with Gasteiger partial charge in [0, 0.05) is 19.4 Å². The number of ether oxygens (including phenoxy) is 2. The Hall–Kier alpha value is -3.07. The molecule has 0 spiro atoms. The third-order valence-corrected chi connectivity index (χ3v) is 15.4. The lowest BCUT2D eigenvalue weighted by molar-refractivity contribution is -0.161. The first kappa shape index (κ1) is 77.9. The quantitative estimate of drug-likeness (QED) is 0.0264. The van der Waals surface area contributed by atoms with E-state index in [2.05, 4.69) is 111 Å². The Kier molecular flexibility index (Phi) is 63.6. The van der Waals surface area contributed by atoms with Gasteiger partial charge in [-0.25, -0.2) is 4.57 Å². The minimum atomic E-state index is -4.40. The first-order chi connectivity index (χ1) is 39.8. The van der Waals surface area contributed by atoms with Crippen molar-refractivity contribution < 1.29 is 37.6 Å². The van der Waals surface area contributed by atoms with Gasteiger partial charge in [0.1, 0.15) is 6.61 Å². The van der Waals surface area contributed by atoms with E-state index in [0.717, 1.165) is 83.5 Å². The van der Waals surface area contributed by atoms with Crippen LogP contribution in [0.15, 0.2) is 97.2 Å². The van der Waals surface area contributed by atoms with Crippen LogP contribution in [0.2, 0.25) is 0 Å². The standard InChI is InChI=1S/C71H126NO8P/c1-3-5-7-9-11-13-15-17-19-21-23-25-27-29-31-33-34-36-38-40-42-44-46-48-50-52-54-56-58-60-62-64-71(74)80-69(68-79-81(75,76)78-66-65-72)67-77-70(73)63-61-59-57-55-53-51-49-47-45-43-41-39-37-35-32-30-28-26-24-22-20-18-16-14-12-10-8-6-4-2/h5,7,11,13,16-19,22-25,29,31,34,36,69H,3-4,6,8-10,12,14-15,20-21,26-28,30,32-33,35,37-68,72H2,1-2H3,(H,75,76)/b7-5-,13-11-,18-16-,19-17-,24-22-,25-23-,31-29-,36-34-. The van der Waals surface area contributed by atoms with Crippen LogP contribution in [0.3, 0.4) is 0 Å². The maximum Gasteiger partial charge on any atom is 0.472 e. The fraction of sp³-hybridized carbons (Fsp3) is 0.746. The highest BCUT2D eigenvalue weighted by Crippen LogP contribution is 2.43. The summed E-state index contributed by atoms with van der Waals surface area (Å²) in [6.45, 7) is 3.65. The van der Waals surface area contributed by atoms with Crippen molar-refractivity contribution in [1.29, 1.82) is 0 Å². The summed E-state index contributed by atoms with van der Waals surface area (Å²) in [5.41, 5.74) is 5.40. The van der Waals surface area contributed by atoms with Gasteiger partial charge in [0.25, 0.3) is 0 Å². The summed E-state index contributed by atoms with van der Waals surface area (Å²) in [7, 11) is -4.40. The summed E-state index contributed by atoms with van der Waals surface area (Å²) in [4.78, 5) is 35.3. The minimum absolute atomic E-state index is 0.0506. The number of nitrogens with two attached hydrogens (primary N) is 1. The third kappa shape index (κ3) is 65.9. The van der Waals surface area contributed by atoms with Gasteiger partial charge in [-0.3, -0.25) is 18.6 Å². The molecule has 3 N–H and O–H groups in total. The summed E-state index contributed by atoms with van der Waals surface area (Å²) >= 11 is 0. The smallest absolute Gasteiger partial charge is 0.462 e. The molecule has 0 heterocycles. The average molecular weight is 1150 g/mol. The molecule has 9 nitrogen and oxygen atoms in total. The molecule has 0 aromatic carbocycles. The normalized spacial score (nSPS) is 13.6. The van der Waals surface area contributed by atoms with Crippen LogP contribution in [0.5, 0.6) is 0 Å². The van der Waals surface area contributed by atoms with Crippen LogP contribution < -0.4 is 5.73 Å². The summed E-state index contributed by atoms with van der Waals surface area (Å²) in [6.07, 6.45) is 89.1. The molecule has 0 fully saturated rings. The van der Waals surface area contributed by atoms with E-state index in [1.807, 2.05) is 0 Å². The average Bonchev–Trinajstić information content (AvgIpc) is 3.46. The number of carbonyl (C=O) groups excluding carboxylic acids is 2. The molecule has 0 bridgehead atoms. The lowest BCUT2D eigenvalue weighted by Crippen LogP contribution is -2.29. The number of unbranched alkanes of at least 4 members (excludes halogenated alkanes) is 34. The first-order valence-electron chi connectivity index (χ1n) is 33.7. The van der Waals surface area contributed by atoms with Crippen LogP contribution in [-0.4, -0.2) is 49.3 Å². The van der Waals surface area contributed by atoms with E-state index in [-0.39, 0.29) is 38.6 Å². The monoisotopic (exact) mass is 1150 g/mol. The second kappa shape index (κ2) is 66.1. The van der Waals surface area contributed by atoms with E-state index in [1.54, 1.807) is 0 Å².